The van der Waals surface area contributed by atoms with E-state index in [4.69, 9.17) is 0 Å². The van der Waals surface area contributed by atoms with Gasteiger partial charge in [0.1, 0.15) is 5.82 Å². The van der Waals surface area contributed by atoms with Crippen LogP contribution in [0, 0.1) is 6.92 Å². The van der Waals surface area contributed by atoms with Crippen LogP contribution in [0.4, 0.5) is 0 Å². The average molecular weight is 208 g/mol. The van der Waals surface area contributed by atoms with Crippen LogP contribution in [0.25, 0.3) is 0 Å². The minimum Gasteiger partial charge on any atom is -0.241 e. The van der Waals surface area contributed by atoms with E-state index in [-0.39, 0.29) is 0 Å². The monoisotopic (exact) mass is 208 g/mol. The van der Waals surface area contributed by atoms with Crippen molar-refractivity contribution in [2.75, 3.05) is 0 Å². The molecule has 0 aliphatic heterocycles. The molecule has 86 valence electrons. The molecular formula is C13H24N2. The number of hydrogen-bond acceptors (Lipinski definition) is 2. The van der Waals surface area contributed by atoms with Crippen molar-refractivity contribution in [2.45, 2.75) is 60.3 Å². The fourth-order valence-electron chi connectivity index (χ4n) is 1.40. The molecule has 1 aromatic rings. The molecule has 0 aliphatic rings. The molecule has 1 rings (SSSR count). The summed E-state index contributed by atoms with van der Waals surface area (Å²) in [7, 11) is 0. The molecule has 0 radical (unpaired) electrons. The first-order chi connectivity index (χ1) is 7.02. The Morgan fingerprint density at radius 3 is 1.93 bits per heavy atom. The number of rotatable bonds is 2. The third-order valence-corrected chi connectivity index (χ3v) is 2.14. The van der Waals surface area contributed by atoms with Gasteiger partial charge in [-0.25, -0.2) is 9.97 Å². The van der Waals surface area contributed by atoms with Gasteiger partial charge in [0, 0.05) is 6.20 Å². The number of aromatic nitrogens is 2. The van der Waals surface area contributed by atoms with Gasteiger partial charge < -0.3 is 0 Å². The number of hydrogen-bond donors (Lipinski definition) is 0. The van der Waals surface area contributed by atoms with E-state index in [1.807, 2.05) is 27.0 Å². The van der Waals surface area contributed by atoms with Crippen molar-refractivity contribution in [3.63, 3.8) is 0 Å². The lowest BCUT2D eigenvalue weighted by molar-refractivity contribution is 0.737. The van der Waals surface area contributed by atoms with Gasteiger partial charge in [-0.2, -0.15) is 0 Å². The molecule has 0 saturated carbocycles. The van der Waals surface area contributed by atoms with Crippen LogP contribution in [0.2, 0.25) is 0 Å². The second-order valence-corrected chi connectivity index (χ2v) is 4.07. The molecule has 0 saturated heterocycles. The van der Waals surface area contributed by atoms with Gasteiger partial charge in [-0.15, -0.1) is 0 Å². The lowest BCUT2D eigenvalue weighted by Crippen LogP contribution is -2.04. The third kappa shape index (κ3) is 3.98. The lowest BCUT2D eigenvalue weighted by atomic mass is 9.97. The van der Waals surface area contributed by atoms with Gasteiger partial charge in [0.2, 0.25) is 0 Å². The maximum absolute atomic E-state index is 4.48. The Bertz CT molecular complexity index is 291. The van der Waals surface area contributed by atoms with Crippen LogP contribution in [0.3, 0.4) is 0 Å². The average Bonchev–Trinajstić information content (AvgIpc) is 2.20. The molecule has 0 fully saturated rings. The summed E-state index contributed by atoms with van der Waals surface area (Å²) in [5.74, 6) is 1.87. The molecule has 0 bridgehead atoms. The van der Waals surface area contributed by atoms with Crippen molar-refractivity contribution >= 4 is 0 Å². The second kappa shape index (κ2) is 6.54. The second-order valence-electron chi connectivity index (χ2n) is 4.07. The van der Waals surface area contributed by atoms with E-state index in [0.29, 0.717) is 11.8 Å². The minimum absolute atomic E-state index is 0.485. The molecule has 0 N–H and O–H groups in total. The quantitative estimate of drug-likeness (QED) is 0.732. The highest BCUT2D eigenvalue weighted by atomic mass is 14.9. The molecule has 15 heavy (non-hydrogen) atoms. The summed E-state index contributed by atoms with van der Waals surface area (Å²) >= 11 is 0. The Morgan fingerprint density at radius 2 is 1.53 bits per heavy atom. The highest BCUT2D eigenvalue weighted by Crippen LogP contribution is 2.23. The van der Waals surface area contributed by atoms with Crippen LogP contribution in [-0.2, 0) is 0 Å². The van der Waals surface area contributed by atoms with Crippen LogP contribution in [0.15, 0.2) is 6.20 Å². The van der Waals surface area contributed by atoms with Crippen molar-refractivity contribution in [3.8, 4) is 0 Å². The third-order valence-electron chi connectivity index (χ3n) is 2.14. The molecule has 0 unspecified atom stereocenters. The van der Waals surface area contributed by atoms with E-state index in [9.17, 15) is 0 Å². The molecule has 0 aromatic carbocycles. The summed E-state index contributed by atoms with van der Waals surface area (Å²) in [6, 6.07) is 0. The van der Waals surface area contributed by atoms with Crippen molar-refractivity contribution in [1.82, 2.24) is 9.97 Å². The Morgan fingerprint density at radius 1 is 1.00 bits per heavy atom. The molecule has 0 spiro atoms. The fraction of sp³-hybridized carbons (Fsp3) is 0.692. The molecule has 1 heterocycles. The summed E-state index contributed by atoms with van der Waals surface area (Å²) in [6.45, 7) is 14.6. The Hall–Kier alpha value is -0.920. The van der Waals surface area contributed by atoms with E-state index in [2.05, 4.69) is 37.7 Å². The molecule has 2 heteroatoms. The van der Waals surface area contributed by atoms with Crippen LogP contribution in [0.1, 0.15) is 70.5 Å². The van der Waals surface area contributed by atoms with Gasteiger partial charge >= 0.3 is 0 Å². The van der Waals surface area contributed by atoms with Crippen molar-refractivity contribution in [2.24, 2.45) is 0 Å². The molecular weight excluding hydrogens is 184 g/mol. The molecule has 1 aromatic heterocycles. The first-order valence-electron chi connectivity index (χ1n) is 5.85. The first-order valence-corrected chi connectivity index (χ1v) is 5.85. The Labute approximate surface area is 94.2 Å². The van der Waals surface area contributed by atoms with Crippen LogP contribution in [-0.4, -0.2) is 9.97 Å². The van der Waals surface area contributed by atoms with Crippen molar-refractivity contribution in [3.05, 3.63) is 23.3 Å². The van der Waals surface area contributed by atoms with E-state index < -0.39 is 0 Å². The summed E-state index contributed by atoms with van der Waals surface area (Å²) in [4.78, 5) is 8.72. The van der Waals surface area contributed by atoms with Crippen LogP contribution >= 0.6 is 0 Å². The molecule has 0 atom stereocenters. The Kier molecular flexibility index (Phi) is 6.14. The zero-order chi connectivity index (χ0) is 12.0. The van der Waals surface area contributed by atoms with Crippen molar-refractivity contribution < 1.29 is 0 Å². The predicted octanol–water partition coefficient (Wildman–Crippen LogP) is 4.06. The summed E-state index contributed by atoms with van der Waals surface area (Å²) < 4.78 is 0. The van der Waals surface area contributed by atoms with Crippen LogP contribution < -0.4 is 0 Å². The largest absolute Gasteiger partial charge is 0.241 e. The first kappa shape index (κ1) is 14.1. The zero-order valence-corrected chi connectivity index (χ0v) is 11.1. The van der Waals surface area contributed by atoms with Gasteiger partial charge in [0.05, 0.1) is 5.69 Å². The fourth-order valence-corrected chi connectivity index (χ4v) is 1.40. The van der Waals surface area contributed by atoms with Gasteiger partial charge in [-0.05, 0) is 24.3 Å². The number of aryl methyl sites for hydroxylation is 1. The highest BCUT2D eigenvalue weighted by Gasteiger charge is 2.11. The summed E-state index contributed by atoms with van der Waals surface area (Å²) in [5.41, 5.74) is 2.48. The highest BCUT2D eigenvalue weighted by molar-refractivity contribution is 5.23. The maximum atomic E-state index is 4.48. The minimum atomic E-state index is 0.485. The topological polar surface area (TPSA) is 25.8 Å². The molecule has 2 nitrogen and oxygen atoms in total. The normalized spacial score (nSPS) is 10.2. The SMILES string of the molecule is CC.Cc1ncc(C(C)C)c(C(C)C)n1. The standard InChI is InChI=1S/C11H18N2.C2H6/c1-7(2)10-6-12-9(5)13-11(10)8(3)4;1-2/h6-8H,1-5H3;1-2H3. The maximum Gasteiger partial charge on any atom is 0.125 e. The van der Waals surface area contributed by atoms with E-state index in [1.165, 1.54) is 11.3 Å². The van der Waals surface area contributed by atoms with Gasteiger partial charge in [0.25, 0.3) is 0 Å². The van der Waals surface area contributed by atoms with Crippen molar-refractivity contribution in [1.29, 1.82) is 0 Å². The summed E-state index contributed by atoms with van der Waals surface area (Å²) in [6.07, 6.45) is 1.96. The number of nitrogens with zero attached hydrogens (tertiary/aromatic N) is 2. The predicted molar refractivity (Wildman–Crippen MR) is 66.3 cm³/mol. The smallest absolute Gasteiger partial charge is 0.125 e. The van der Waals surface area contributed by atoms with Gasteiger partial charge in [-0.3, -0.25) is 0 Å². The molecule has 0 amide bonds. The van der Waals surface area contributed by atoms with Gasteiger partial charge in [0.15, 0.2) is 0 Å². The van der Waals surface area contributed by atoms with E-state index in [0.717, 1.165) is 5.82 Å². The summed E-state index contributed by atoms with van der Waals surface area (Å²) in [5, 5.41) is 0. The van der Waals surface area contributed by atoms with E-state index in [1.54, 1.807) is 0 Å². The Balaban J connectivity index is 0.000000921. The van der Waals surface area contributed by atoms with Crippen LogP contribution in [0.5, 0.6) is 0 Å². The lowest BCUT2D eigenvalue weighted by Gasteiger charge is -2.14. The van der Waals surface area contributed by atoms with E-state index >= 15 is 0 Å². The van der Waals surface area contributed by atoms with Gasteiger partial charge in [-0.1, -0.05) is 41.5 Å². The molecule has 0 aliphatic carbocycles. The zero-order valence-electron chi connectivity index (χ0n) is 11.1.